The van der Waals surface area contributed by atoms with E-state index in [1.165, 1.54) is 24.6 Å². The maximum atomic E-state index is 12.9. The van der Waals surface area contributed by atoms with E-state index in [0.29, 0.717) is 33.5 Å². The van der Waals surface area contributed by atoms with Crippen molar-refractivity contribution in [2.45, 2.75) is 75.9 Å². The Hall–Kier alpha value is -1.53. The van der Waals surface area contributed by atoms with Crippen molar-refractivity contribution in [2.24, 2.45) is 5.92 Å². The van der Waals surface area contributed by atoms with Gasteiger partial charge in [-0.3, -0.25) is 14.2 Å². The second-order valence-corrected chi connectivity index (χ2v) is 9.39. The van der Waals surface area contributed by atoms with E-state index in [4.69, 9.17) is 11.6 Å². The summed E-state index contributed by atoms with van der Waals surface area (Å²) in [7, 11) is 0. The number of nitrogens with one attached hydrogen (secondary N) is 1. The van der Waals surface area contributed by atoms with Crippen molar-refractivity contribution >= 4 is 40.2 Å². The Morgan fingerprint density at radius 1 is 1.39 bits per heavy atom. The summed E-state index contributed by atoms with van der Waals surface area (Å²) in [5, 5.41) is 4.54. The van der Waals surface area contributed by atoms with Crippen molar-refractivity contribution in [2.75, 3.05) is 0 Å². The lowest BCUT2D eigenvalue weighted by atomic mass is 9.86. The molecule has 28 heavy (non-hydrogen) atoms. The van der Waals surface area contributed by atoms with Crippen LogP contribution in [0.5, 0.6) is 0 Å². The molecule has 1 aromatic heterocycles. The van der Waals surface area contributed by atoms with Crippen LogP contribution in [0.2, 0.25) is 5.02 Å². The maximum absolute atomic E-state index is 12.9. The number of hydrogen-bond acceptors (Lipinski definition) is 4. The Balaban J connectivity index is 1.84. The third-order valence-corrected chi connectivity index (χ3v) is 6.75. The Bertz CT molecular complexity index is 914. The molecule has 152 valence electrons. The van der Waals surface area contributed by atoms with Gasteiger partial charge in [0.1, 0.15) is 0 Å². The standard InChI is InChI=1S/C21H28ClN3O2S/c1-4-11-25-20(27)16-10-9-15(22)12-18(16)24-21(25)28-14(3)19(26)23-17-8-6-5-7-13(17)2/h9-10,12-14,17H,4-8,11H2,1-3H3,(H,23,26)/t13-,14-,17-/m0/s1. The molecule has 1 aliphatic carbocycles. The molecular weight excluding hydrogens is 394 g/mol. The van der Waals surface area contributed by atoms with E-state index in [2.05, 4.69) is 17.2 Å². The third kappa shape index (κ3) is 4.71. The summed E-state index contributed by atoms with van der Waals surface area (Å²) in [5.74, 6) is 0.515. The number of amides is 1. The molecule has 0 bridgehead atoms. The molecule has 0 aliphatic heterocycles. The van der Waals surface area contributed by atoms with Gasteiger partial charge >= 0.3 is 0 Å². The van der Waals surface area contributed by atoms with Crippen LogP contribution in [-0.4, -0.2) is 26.8 Å². The van der Waals surface area contributed by atoms with Gasteiger partial charge in [0.05, 0.1) is 16.2 Å². The molecule has 7 heteroatoms. The molecule has 5 nitrogen and oxygen atoms in total. The van der Waals surface area contributed by atoms with Crippen LogP contribution >= 0.6 is 23.4 Å². The number of hydrogen-bond donors (Lipinski definition) is 1. The van der Waals surface area contributed by atoms with Crippen LogP contribution in [-0.2, 0) is 11.3 Å². The fourth-order valence-corrected chi connectivity index (χ4v) is 4.84. The number of carbonyl (C=O) groups is 1. The molecule has 1 saturated carbocycles. The Labute approximate surface area is 175 Å². The molecule has 1 fully saturated rings. The van der Waals surface area contributed by atoms with Crippen molar-refractivity contribution in [3.8, 4) is 0 Å². The van der Waals surface area contributed by atoms with Gasteiger partial charge in [0, 0.05) is 17.6 Å². The van der Waals surface area contributed by atoms with Crippen molar-refractivity contribution in [3.63, 3.8) is 0 Å². The van der Waals surface area contributed by atoms with Crippen LogP contribution in [0.15, 0.2) is 28.2 Å². The number of nitrogens with zero attached hydrogens (tertiary/aromatic N) is 2. The van der Waals surface area contributed by atoms with E-state index in [0.717, 1.165) is 19.3 Å². The molecule has 0 spiro atoms. The summed E-state index contributed by atoms with van der Waals surface area (Å²) < 4.78 is 1.67. The molecule has 1 amide bonds. The minimum Gasteiger partial charge on any atom is -0.352 e. The quantitative estimate of drug-likeness (QED) is 0.545. The number of halogens is 1. The molecule has 0 radical (unpaired) electrons. The first-order valence-corrected chi connectivity index (χ1v) is 11.3. The van der Waals surface area contributed by atoms with E-state index >= 15 is 0 Å². The van der Waals surface area contributed by atoms with Gasteiger partial charge in [-0.1, -0.05) is 50.1 Å². The zero-order chi connectivity index (χ0) is 20.3. The average molecular weight is 422 g/mol. The lowest BCUT2D eigenvalue weighted by molar-refractivity contribution is -0.121. The first kappa shape index (κ1) is 21.2. The molecule has 0 unspecified atom stereocenters. The SMILES string of the molecule is CCCn1c(S[C@@H](C)C(=O)N[C@H]2CCCC[C@@H]2C)nc2cc(Cl)ccc2c1=O. The summed E-state index contributed by atoms with van der Waals surface area (Å²) in [6.45, 7) is 6.67. The number of rotatable bonds is 6. The molecule has 2 aromatic rings. The predicted molar refractivity (Wildman–Crippen MR) is 116 cm³/mol. The van der Waals surface area contributed by atoms with Crippen LogP contribution in [0.25, 0.3) is 10.9 Å². The molecule has 1 heterocycles. The summed E-state index contributed by atoms with van der Waals surface area (Å²) in [6.07, 6.45) is 5.42. The summed E-state index contributed by atoms with van der Waals surface area (Å²) >= 11 is 7.42. The van der Waals surface area contributed by atoms with E-state index in [-0.39, 0.29) is 22.8 Å². The van der Waals surface area contributed by atoms with Gasteiger partial charge in [0.2, 0.25) is 5.91 Å². The van der Waals surface area contributed by atoms with E-state index in [9.17, 15) is 9.59 Å². The third-order valence-electron chi connectivity index (χ3n) is 5.42. The largest absolute Gasteiger partial charge is 0.352 e. The number of carbonyl (C=O) groups excluding carboxylic acids is 1. The Morgan fingerprint density at radius 2 is 2.14 bits per heavy atom. The van der Waals surface area contributed by atoms with Crippen LogP contribution < -0.4 is 10.9 Å². The minimum absolute atomic E-state index is 0.00670. The number of aromatic nitrogens is 2. The lowest BCUT2D eigenvalue weighted by Gasteiger charge is -2.30. The summed E-state index contributed by atoms with van der Waals surface area (Å²) in [5.41, 5.74) is 0.486. The van der Waals surface area contributed by atoms with E-state index in [1.54, 1.807) is 22.8 Å². The van der Waals surface area contributed by atoms with Gasteiger partial charge in [0.25, 0.3) is 5.56 Å². The smallest absolute Gasteiger partial charge is 0.262 e. The van der Waals surface area contributed by atoms with Gasteiger partial charge in [-0.2, -0.15) is 0 Å². The molecule has 0 saturated heterocycles. The Morgan fingerprint density at radius 3 is 2.86 bits per heavy atom. The highest BCUT2D eigenvalue weighted by Crippen LogP contribution is 2.27. The first-order valence-electron chi connectivity index (χ1n) is 10.1. The fraction of sp³-hybridized carbons (Fsp3) is 0.571. The van der Waals surface area contributed by atoms with Gasteiger partial charge in [-0.25, -0.2) is 4.98 Å². The molecule has 3 atom stereocenters. The molecule has 1 aromatic carbocycles. The van der Waals surface area contributed by atoms with Crippen LogP contribution in [0.4, 0.5) is 0 Å². The fourth-order valence-electron chi connectivity index (χ4n) is 3.73. The average Bonchev–Trinajstić information content (AvgIpc) is 2.66. The number of thioether (sulfide) groups is 1. The maximum Gasteiger partial charge on any atom is 0.262 e. The van der Waals surface area contributed by atoms with Crippen molar-refractivity contribution in [1.29, 1.82) is 0 Å². The monoisotopic (exact) mass is 421 g/mol. The van der Waals surface area contributed by atoms with Gasteiger partial charge < -0.3 is 5.32 Å². The van der Waals surface area contributed by atoms with Gasteiger partial charge in [-0.15, -0.1) is 0 Å². The highest BCUT2D eigenvalue weighted by atomic mass is 35.5. The number of fused-ring (bicyclic) bond motifs is 1. The second-order valence-electron chi connectivity index (χ2n) is 7.65. The highest BCUT2D eigenvalue weighted by molar-refractivity contribution is 8.00. The first-order chi connectivity index (χ1) is 13.4. The van der Waals surface area contributed by atoms with Gasteiger partial charge in [0.15, 0.2) is 5.16 Å². The molecular formula is C21H28ClN3O2S. The second kappa shape index (κ2) is 9.31. The lowest BCUT2D eigenvalue weighted by Crippen LogP contribution is -2.44. The summed E-state index contributed by atoms with van der Waals surface area (Å²) in [4.78, 5) is 30.4. The zero-order valence-corrected chi connectivity index (χ0v) is 18.3. The topological polar surface area (TPSA) is 64.0 Å². The number of benzene rings is 1. The van der Waals surface area contributed by atoms with Crippen LogP contribution in [0.3, 0.4) is 0 Å². The predicted octanol–water partition coefficient (Wildman–Crippen LogP) is 4.64. The molecule has 3 rings (SSSR count). The normalized spacial score (nSPS) is 20.9. The zero-order valence-electron chi connectivity index (χ0n) is 16.7. The van der Waals surface area contributed by atoms with Crippen molar-refractivity contribution < 1.29 is 4.79 Å². The van der Waals surface area contributed by atoms with Gasteiger partial charge in [-0.05, 0) is 50.3 Å². The van der Waals surface area contributed by atoms with Crippen LogP contribution in [0, 0.1) is 5.92 Å². The molecule has 1 N–H and O–H groups in total. The minimum atomic E-state index is -0.333. The highest BCUT2D eigenvalue weighted by Gasteiger charge is 2.26. The van der Waals surface area contributed by atoms with E-state index < -0.39 is 0 Å². The van der Waals surface area contributed by atoms with Crippen molar-refractivity contribution in [1.82, 2.24) is 14.9 Å². The van der Waals surface area contributed by atoms with E-state index in [1.807, 2.05) is 13.8 Å². The summed E-state index contributed by atoms with van der Waals surface area (Å²) in [6, 6.07) is 5.36. The van der Waals surface area contributed by atoms with Crippen LogP contribution in [0.1, 0.15) is 52.9 Å². The van der Waals surface area contributed by atoms with Crippen molar-refractivity contribution in [3.05, 3.63) is 33.6 Å². The molecule has 1 aliphatic rings. The Kier molecular flexibility index (Phi) is 7.05.